The monoisotopic (exact) mass is 378 g/mol. The Hall–Kier alpha value is -2.05. The van der Waals surface area contributed by atoms with Crippen molar-refractivity contribution in [2.75, 3.05) is 23.3 Å². The number of hydrogen-bond donors (Lipinski definition) is 3. The molecule has 0 aliphatic carbocycles. The first-order valence-electron chi connectivity index (χ1n) is 9.02. The van der Waals surface area contributed by atoms with E-state index in [1.807, 2.05) is 48.5 Å². The number of rotatable bonds is 10. The zero-order chi connectivity index (χ0) is 19.1. The summed E-state index contributed by atoms with van der Waals surface area (Å²) < 4.78 is 29.5. The maximum Gasteiger partial charge on any atom is 0.264 e. The van der Waals surface area contributed by atoms with Gasteiger partial charge < -0.3 is 11.1 Å². The van der Waals surface area contributed by atoms with Crippen LogP contribution in [-0.4, -0.2) is 25.3 Å². The lowest BCUT2D eigenvalue weighted by Crippen LogP contribution is -2.03. The number of unbranched alkanes of at least 4 members (excludes halogenated alkanes) is 5. The third-order valence-corrected chi connectivity index (χ3v) is 4.54. The van der Waals surface area contributed by atoms with E-state index in [0.29, 0.717) is 6.42 Å². The normalized spacial score (nSPS) is 10.7. The maximum atomic E-state index is 10.5. The average Bonchev–Trinajstić information content (AvgIpc) is 2.61. The van der Waals surface area contributed by atoms with Crippen LogP contribution in [0, 0.1) is 0 Å². The topological polar surface area (TPSA) is 92.4 Å². The molecule has 0 unspecified atom stereocenters. The van der Waals surface area contributed by atoms with Gasteiger partial charge >= 0.3 is 0 Å². The Balaban J connectivity index is 0.000000401. The smallest absolute Gasteiger partial charge is 0.264 e. The zero-order valence-corrected chi connectivity index (χ0v) is 16.0. The van der Waals surface area contributed by atoms with Crippen LogP contribution in [0.5, 0.6) is 0 Å². The van der Waals surface area contributed by atoms with Crippen LogP contribution in [0.3, 0.4) is 0 Å². The largest absolute Gasteiger partial charge is 0.399 e. The van der Waals surface area contributed by atoms with Crippen LogP contribution in [0.25, 0.3) is 0 Å². The van der Waals surface area contributed by atoms with Crippen molar-refractivity contribution in [1.82, 2.24) is 0 Å². The minimum atomic E-state index is -3.77. The molecule has 0 spiro atoms. The first-order valence-corrected chi connectivity index (χ1v) is 10.6. The summed E-state index contributed by atoms with van der Waals surface area (Å²) in [5.41, 5.74) is 7.33. The van der Waals surface area contributed by atoms with Gasteiger partial charge in [0.1, 0.15) is 0 Å². The molecule has 144 valence electrons. The van der Waals surface area contributed by atoms with Crippen molar-refractivity contribution in [3.05, 3.63) is 60.7 Å². The maximum absolute atomic E-state index is 10.5. The first-order chi connectivity index (χ1) is 12.5. The minimum absolute atomic E-state index is 0.109. The molecule has 6 heteroatoms. The second-order valence-electron chi connectivity index (χ2n) is 6.11. The van der Waals surface area contributed by atoms with Gasteiger partial charge in [0.15, 0.2) is 0 Å². The van der Waals surface area contributed by atoms with E-state index < -0.39 is 10.1 Å². The number of benzene rings is 2. The van der Waals surface area contributed by atoms with Crippen molar-refractivity contribution >= 4 is 21.5 Å². The summed E-state index contributed by atoms with van der Waals surface area (Å²) >= 11 is 0. The van der Waals surface area contributed by atoms with Crippen molar-refractivity contribution in [3.8, 4) is 0 Å². The van der Waals surface area contributed by atoms with E-state index in [9.17, 15) is 8.42 Å². The predicted octanol–water partition coefficient (Wildman–Crippen LogP) is 4.60. The average molecular weight is 379 g/mol. The lowest BCUT2D eigenvalue weighted by molar-refractivity contribution is 0.478. The Bertz CT molecular complexity index is 677. The molecule has 2 aromatic carbocycles. The Morgan fingerprint density at radius 3 is 1.77 bits per heavy atom. The van der Waals surface area contributed by atoms with Gasteiger partial charge in [-0.15, -0.1) is 0 Å². The summed E-state index contributed by atoms with van der Waals surface area (Å²) in [4.78, 5) is 0. The second-order valence-corrected chi connectivity index (χ2v) is 7.68. The highest BCUT2D eigenvalue weighted by Gasteiger charge is 2.02. The van der Waals surface area contributed by atoms with E-state index in [2.05, 4.69) is 17.4 Å². The number of hydrogen-bond acceptors (Lipinski definition) is 4. The van der Waals surface area contributed by atoms with Crippen LogP contribution in [0.4, 0.5) is 11.4 Å². The van der Waals surface area contributed by atoms with E-state index in [0.717, 1.165) is 50.0 Å². The van der Waals surface area contributed by atoms with E-state index in [-0.39, 0.29) is 5.75 Å². The van der Waals surface area contributed by atoms with E-state index >= 15 is 0 Å². The molecule has 0 saturated carbocycles. The van der Waals surface area contributed by atoms with Gasteiger partial charge in [0.2, 0.25) is 0 Å². The molecule has 26 heavy (non-hydrogen) atoms. The van der Waals surface area contributed by atoms with Gasteiger partial charge in [-0.05, 0) is 37.1 Å². The molecule has 0 atom stereocenters. The fourth-order valence-electron chi connectivity index (χ4n) is 2.36. The van der Waals surface area contributed by atoms with E-state index in [1.165, 1.54) is 0 Å². The molecule has 0 aromatic heterocycles. The number of nitrogens with one attached hydrogen (secondary N) is 1. The number of anilines is 2. The van der Waals surface area contributed by atoms with Gasteiger partial charge in [0, 0.05) is 17.9 Å². The number of nitrogen functional groups attached to an aromatic ring is 1. The molecule has 0 fully saturated rings. The van der Waals surface area contributed by atoms with Crippen LogP contribution in [0.15, 0.2) is 60.7 Å². The summed E-state index contributed by atoms with van der Waals surface area (Å²) in [7, 11) is -3.77. The van der Waals surface area contributed by atoms with Crippen LogP contribution in [-0.2, 0) is 10.1 Å². The molecule has 0 amide bonds. The standard InChI is InChI=1S/C14H23NO3S.C6H7N/c16-19(17,18)13-9-4-2-1-3-8-12-15-14-10-6-5-7-11-14;7-6-4-2-1-3-5-6/h5-7,10-11,15H,1-4,8-9,12-13H2,(H,16,17,18);1-5H,7H2. The highest BCUT2D eigenvalue weighted by atomic mass is 32.2. The molecule has 0 aliphatic rings. The zero-order valence-electron chi connectivity index (χ0n) is 15.2. The summed E-state index contributed by atoms with van der Waals surface area (Å²) in [5.74, 6) is -0.109. The third kappa shape index (κ3) is 13.3. The molecule has 0 heterocycles. The molecule has 0 radical (unpaired) electrons. The summed E-state index contributed by atoms with van der Waals surface area (Å²) in [6, 6.07) is 19.6. The van der Waals surface area contributed by atoms with Gasteiger partial charge in [-0.3, -0.25) is 4.55 Å². The Morgan fingerprint density at radius 1 is 0.769 bits per heavy atom. The lowest BCUT2D eigenvalue weighted by Gasteiger charge is -2.05. The molecule has 5 nitrogen and oxygen atoms in total. The summed E-state index contributed by atoms with van der Waals surface area (Å²) in [6.07, 6.45) is 5.83. The van der Waals surface area contributed by atoms with Crippen molar-refractivity contribution in [2.24, 2.45) is 0 Å². The highest BCUT2D eigenvalue weighted by Crippen LogP contribution is 2.08. The van der Waals surface area contributed by atoms with Crippen LogP contribution in [0.1, 0.15) is 38.5 Å². The summed E-state index contributed by atoms with van der Waals surface area (Å²) in [6.45, 7) is 0.967. The molecular weight excluding hydrogens is 348 g/mol. The SMILES string of the molecule is Nc1ccccc1.O=S(=O)(O)CCCCCCCCNc1ccccc1. The molecule has 2 aromatic rings. The van der Waals surface area contributed by atoms with Crippen LogP contribution < -0.4 is 11.1 Å². The highest BCUT2D eigenvalue weighted by molar-refractivity contribution is 7.85. The summed E-state index contributed by atoms with van der Waals surface area (Å²) in [5, 5.41) is 3.35. The third-order valence-electron chi connectivity index (χ3n) is 3.73. The van der Waals surface area contributed by atoms with Crippen LogP contribution in [0.2, 0.25) is 0 Å². The van der Waals surface area contributed by atoms with Gasteiger partial charge in [-0.1, -0.05) is 62.1 Å². The molecule has 2 rings (SSSR count). The van der Waals surface area contributed by atoms with Gasteiger partial charge in [0.25, 0.3) is 10.1 Å². The lowest BCUT2D eigenvalue weighted by atomic mass is 10.1. The Labute approximate surface area is 157 Å². The molecule has 0 aliphatic heterocycles. The number of para-hydroxylation sites is 2. The molecule has 0 saturated heterocycles. The number of nitrogens with two attached hydrogens (primary N) is 1. The second kappa shape index (κ2) is 13.2. The van der Waals surface area contributed by atoms with Crippen molar-refractivity contribution < 1.29 is 13.0 Å². The quantitative estimate of drug-likeness (QED) is 0.319. The minimum Gasteiger partial charge on any atom is -0.399 e. The molecule has 4 N–H and O–H groups in total. The van der Waals surface area contributed by atoms with E-state index in [1.54, 1.807) is 0 Å². The van der Waals surface area contributed by atoms with Crippen LogP contribution >= 0.6 is 0 Å². The van der Waals surface area contributed by atoms with Gasteiger partial charge in [0.05, 0.1) is 5.75 Å². The predicted molar refractivity (Wildman–Crippen MR) is 110 cm³/mol. The Kier molecular flexibility index (Phi) is 11.2. The van der Waals surface area contributed by atoms with Crippen molar-refractivity contribution in [3.63, 3.8) is 0 Å². The molecular formula is C20H30N2O3S. The Morgan fingerprint density at radius 2 is 1.27 bits per heavy atom. The van der Waals surface area contributed by atoms with E-state index in [4.69, 9.17) is 10.3 Å². The fourth-order valence-corrected chi connectivity index (χ4v) is 2.93. The first kappa shape index (κ1) is 22.0. The fraction of sp³-hybridized carbons (Fsp3) is 0.400. The van der Waals surface area contributed by atoms with Crippen molar-refractivity contribution in [2.45, 2.75) is 38.5 Å². The van der Waals surface area contributed by atoms with Crippen molar-refractivity contribution in [1.29, 1.82) is 0 Å². The molecule has 0 bridgehead atoms. The van der Waals surface area contributed by atoms with Gasteiger partial charge in [-0.25, -0.2) is 0 Å². The van der Waals surface area contributed by atoms with Gasteiger partial charge in [-0.2, -0.15) is 8.42 Å².